The number of hydrogen-bond acceptors (Lipinski definition) is 2. The molecule has 3 rings (SSSR count). The van der Waals surface area contributed by atoms with E-state index in [1.807, 2.05) is 0 Å². The largest absolute Gasteiger partial charge is 0.416 e. The van der Waals surface area contributed by atoms with E-state index in [-0.39, 0.29) is 36.7 Å². The number of alkyl halides is 6. The molecule has 0 radical (unpaired) electrons. The van der Waals surface area contributed by atoms with Gasteiger partial charge in [0.05, 0.1) is 17.2 Å². The lowest BCUT2D eigenvalue weighted by Gasteiger charge is -2.40. The van der Waals surface area contributed by atoms with Gasteiger partial charge >= 0.3 is 18.4 Å². The first-order valence-electron chi connectivity index (χ1n) is 11.1. The van der Waals surface area contributed by atoms with E-state index in [1.54, 1.807) is 24.9 Å². The van der Waals surface area contributed by atoms with Crippen molar-refractivity contribution >= 4 is 6.03 Å². The molecule has 1 heterocycles. The van der Waals surface area contributed by atoms with E-state index in [4.69, 9.17) is 0 Å². The van der Waals surface area contributed by atoms with Gasteiger partial charge in [-0.25, -0.2) is 9.18 Å². The molecule has 0 spiro atoms. The highest BCUT2D eigenvalue weighted by Gasteiger charge is 2.37. The summed E-state index contributed by atoms with van der Waals surface area (Å²) in [6, 6.07) is 4.96. The van der Waals surface area contributed by atoms with Gasteiger partial charge in [-0.05, 0) is 80.3 Å². The third-order valence-electron chi connectivity index (χ3n) is 6.20. The van der Waals surface area contributed by atoms with Crippen LogP contribution in [0, 0.1) is 12.7 Å². The number of nitrogens with one attached hydrogen (secondary N) is 2. The smallest absolute Gasteiger partial charge is 0.338 e. The van der Waals surface area contributed by atoms with Crippen LogP contribution in [-0.2, 0) is 18.8 Å². The fraction of sp³-hybridized carbons (Fsp3) is 0.458. The summed E-state index contributed by atoms with van der Waals surface area (Å²) < 4.78 is 92.1. The Labute approximate surface area is 198 Å². The van der Waals surface area contributed by atoms with Crippen LogP contribution in [0.3, 0.4) is 0 Å². The van der Waals surface area contributed by atoms with Gasteiger partial charge in [-0.2, -0.15) is 26.3 Å². The number of halogens is 7. The van der Waals surface area contributed by atoms with Crippen LogP contribution in [0.4, 0.5) is 35.5 Å². The summed E-state index contributed by atoms with van der Waals surface area (Å²) in [7, 11) is 1.80. The zero-order valence-electron chi connectivity index (χ0n) is 19.2. The number of urea groups is 1. The molecular formula is C24H26F7N3O. The molecule has 0 aliphatic carbocycles. The highest BCUT2D eigenvalue weighted by atomic mass is 19.4. The van der Waals surface area contributed by atoms with Crippen molar-refractivity contribution in [3.8, 4) is 0 Å². The van der Waals surface area contributed by atoms with Crippen LogP contribution < -0.4 is 10.6 Å². The van der Waals surface area contributed by atoms with Crippen molar-refractivity contribution < 1.29 is 35.5 Å². The molecule has 0 saturated carbocycles. The van der Waals surface area contributed by atoms with Crippen molar-refractivity contribution in [2.45, 2.75) is 50.6 Å². The molecular weight excluding hydrogens is 479 g/mol. The van der Waals surface area contributed by atoms with Crippen LogP contribution in [0.2, 0.25) is 0 Å². The number of carbonyl (C=O) groups excluding carboxylic acids is 1. The summed E-state index contributed by atoms with van der Waals surface area (Å²) in [6.45, 7) is 1.96. The van der Waals surface area contributed by atoms with Gasteiger partial charge in [0.1, 0.15) is 5.82 Å². The topological polar surface area (TPSA) is 44.4 Å². The zero-order chi connectivity index (χ0) is 26.0. The first kappa shape index (κ1) is 26.8. The van der Waals surface area contributed by atoms with Gasteiger partial charge in [-0.1, -0.05) is 6.07 Å². The SMILES string of the molecule is CN[C@@H]1CCN(C(=O)NCCc2cc(C(F)(F)F)cc(C(F)(F)F)c2)[C@@H](c2ccc(F)cc2C)C1. The fourth-order valence-corrected chi connectivity index (χ4v) is 4.36. The van der Waals surface area contributed by atoms with E-state index in [0.717, 1.165) is 5.56 Å². The predicted molar refractivity (Wildman–Crippen MR) is 116 cm³/mol. The van der Waals surface area contributed by atoms with Crippen molar-refractivity contribution in [3.63, 3.8) is 0 Å². The molecule has 2 aromatic carbocycles. The van der Waals surface area contributed by atoms with E-state index in [9.17, 15) is 35.5 Å². The summed E-state index contributed by atoms with van der Waals surface area (Å²) in [6.07, 6.45) is -8.86. The lowest BCUT2D eigenvalue weighted by atomic mass is 9.89. The molecule has 1 fully saturated rings. The first-order chi connectivity index (χ1) is 16.3. The van der Waals surface area contributed by atoms with Gasteiger partial charge < -0.3 is 15.5 Å². The Morgan fingerprint density at radius 2 is 1.66 bits per heavy atom. The number of hydrogen-bond donors (Lipinski definition) is 2. The Morgan fingerprint density at radius 1 is 1.03 bits per heavy atom. The fourth-order valence-electron chi connectivity index (χ4n) is 4.36. The first-order valence-corrected chi connectivity index (χ1v) is 11.1. The second-order valence-corrected chi connectivity index (χ2v) is 8.62. The molecule has 0 unspecified atom stereocenters. The van der Waals surface area contributed by atoms with Crippen LogP contribution in [0.5, 0.6) is 0 Å². The Kier molecular flexibility index (Phi) is 7.98. The third-order valence-corrected chi connectivity index (χ3v) is 6.20. The Balaban J connectivity index is 1.74. The lowest BCUT2D eigenvalue weighted by Crippen LogP contribution is -2.50. The quantitative estimate of drug-likeness (QED) is 0.501. The van der Waals surface area contributed by atoms with E-state index >= 15 is 0 Å². The van der Waals surface area contributed by atoms with Crippen molar-refractivity contribution in [1.82, 2.24) is 15.5 Å². The number of likely N-dealkylation sites (tertiary alicyclic amines) is 1. The Hall–Kier alpha value is -2.82. The molecule has 2 atom stereocenters. The third kappa shape index (κ3) is 6.65. The van der Waals surface area contributed by atoms with Crippen molar-refractivity contribution in [2.75, 3.05) is 20.1 Å². The maximum Gasteiger partial charge on any atom is 0.416 e. The number of benzene rings is 2. The van der Waals surface area contributed by atoms with Gasteiger partial charge in [0, 0.05) is 19.1 Å². The lowest BCUT2D eigenvalue weighted by molar-refractivity contribution is -0.143. The van der Waals surface area contributed by atoms with Crippen LogP contribution >= 0.6 is 0 Å². The standard InChI is InChI=1S/C24H26F7N3O/c1-14-9-18(25)3-4-20(14)21-13-19(32-2)6-8-34(21)22(35)33-7-5-15-10-16(23(26,27)28)12-17(11-15)24(29,30)31/h3-4,9-12,19,21,32H,5-8,13H2,1-2H3,(H,33,35)/t19-,21-/m1/s1. The average Bonchev–Trinajstić information content (AvgIpc) is 2.77. The number of rotatable bonds is 5. The zero-order valence-corrected chi connectivity index (χ0v) is 19.2. The monoisotopic (exact) mass is 505 g/mol. The number of amides is 2. The minimum atomic E-state index is -4.93. The maximum atomic E-state index is 13.6. The van der Waals surface area contributed by atoms with Crippen molar-refractivity contribution in [3.05, 3.63) is 70.0 Å². The second kappa shape index (κ2) is 10.4. The summed E-state index contributed by atoms with van der Waals surface area (Å²) in [5.41, 5.74) is -1.53. The molecule has 2 aromatic rings. The average molecular weight is 505 g/mol. The van der Waals surface area contributed by atoms with Gasteiger partial charge in [-0.3, -0.25) is 0 Å². The molecule has 0 bridgehead atoms. The van der Waals surface area contributed by atoms with Crippen LogP contribution in [-0.4, -0.2) is 37.1 Å². The normalized spacial score (nSPS) is 19.1. The van der Waals surface area contributed by atoms with Gasteiger partial charge in [0.15, 0.2) is 0 Å². The van der Waals surface area contributed by atoms with Gasteiger partial charge in [0.25, 0.3) is 0 Å². The van der Waals surface area contributed by atoms with Gasteiger partial charge in [0.2, 0.25) is 0 Å². The van der Waals surface area contributed by atoms with E-state index in [2.05, 4.69) is 10.6 Å². The predicted octanol–water partition coefficient (Wildman–Crippen LogP) is 5.85. The second-order valence-electron chi connectivity index (χ2n) is 8.62. The summed E-state index contributed by atoms with van der Waals surface area (Å²) in [4.78, 5) is 14.5. The van der Waals surface area contributed by atoms with Crippen molar-refractivity contribution in [2.24, 2.45) is 0 Å². The molecule has 11 heteroatoms. The van der Waals surface area contributed by atoms with E-state index in [1.165, 1.54) is 12.1 Å². The van der Waals surface area contributed by atoms with Crippen molar-refractivity contribution in [1.29, 1.82) is 0 Å². The molecule has 1 aliphatic rings. The molecule has 1 aliphatic heterocycles. The molecule has 2 N–H and O–H groups in total. The highest BCUT2D eigenvalue weighted by molar-refractivity contribution is 5.75. The number of carbonyl (C=O) groups is 1. The molecule has 4 nitrogen and oxygen atoms in total. The molecule has 0 aromatic heterocycles. The molecule has 2 amide bonds. The van der Waals surface area contributed by atoms with Crippen LogP contribution in [0.15, 0.2) is 36.4 Å². The number of nitrogens with zero attached hydrogens (tertiary/aromatic N) is 1. The van der Waals surface area contributed by atoms with Crippen LogP contribution in [0.1, 0.15) is 46.7 Å². The maximum absolute atomic E-state index is 13.6. The molecule has 1 saturated heterocycles. The van der Waals surface area contributed by atoms with E-state index in [0.29, 0.717) is 37.1 Å². The minimum absolute atomic E-state index is 0.0730. The van der Waals surface area contributed by atoms with Crippen LogP contribution in [0.25, 0.3) is 0 Å². The highest BCUT2D eigenvalue weighted by Crippen LogP contribution is 2.37. The number of piperidine rings is 1. The molecule has 35 heavy (non-hydrogen) atoms. The summed E-state index contributed by atoms with van der Waals surface area (Å²) in [5.74, 6) is -0.400. The van der Waals surface area contributed by atoms with E-state index < -0.39 is 35.3 Å². The summed E-state index contributed by atoms with van der Waals surface area (Å²) in [5, 5.41) is 5.79. The Bertz CT molecular complexity index is 1020. The minimum Gasteiger partial charge on any atom is -0.338 e. The van der Waals surface area contributed by atoms with Gasteiger partial charge in [-0.15, -0.1) is 0 Å². The summed E-state index contributed by atoms with van der Waals surface area (Å²) >= 11 is 0. The molecule has 192 valence electrons. The Morgan fingerprint density at radius 3 is 2.20 bits per heavy atom. The number of aryl methyl sites for hydroxylation is 1.